The average Bonchev–Trinajstić information content (AvgIpc) is 2.66. The maximum atomic E-state index is 12.7. The Kier molecular flexibility index (Phi) is 6.98. The van der Waals surface area contributed by atoms with E-state index in [-0.39, 0.29) is 23.6 Å². The summed E-state index contributed by atoms with van der Waals surface area (Å²) in [5, 5.41) is 5.68. The van der Waals surface area contributed by atoms with Crippen LogP contribution in [-0.2, 0) is 9.59 Å². The normalized spacial score (nSPS) is 17.0. The predicted molar refractivity (Wildman–Crippen MR) is 97.3 cm³/mol. The van der Waals surface area contributed by atoms with Gasteiger partial charge in [0.15, 0.2) is 0 Å². The van der Waals surface area contributed by atoms with Crippen LogP contribution in [0.25, 0.3) is 0 Å². The van der Waals surface area contributed by atoms with Crippen LogP contribution < -0.4 is 10.6 Å². The average molecular weight is 345 g/mol. The quantitative estimate of drug-likeness (QED) is 0.831. The summed E-state index contributed by atoms with van der Waals surface area (Å²) in [7, 11) is 0. The van der Waals surface area contributed by atoms with Gasteiger partial charge in [-0.15, -0.1) is 0 Å². The molecular formula is C19H27N3O3. The van der Waals surface area contributed by atoms with Gasteiger partial charge in [-0.1, -0.05) is 13.8 Å². The first-order valence-electron chi connectivity index (χ1n) is 9.02. The van der Waals surface area contributed by atoms with Gasteiger partial charge >= 0.3 is 0 Å². The van der Waals surface area contributed by atoms with Crippen LogP contribution in [0.15, 0.2) is 24.3 Å². The minimum absolute atomic E-state index is 0.0389. The van der Waals surface area contributed by atoms with Crippen molar-refractivity contribution < 1.29 is 14.4 Å². The Morgan fingerprint density at radius 3 is 2.52 bits per heavy atom. The van der Waals surface area contributed by atoms with E-state index in [2.05, 4.69) is 10.6 Å². The van der Waals surface area contributed by atoms with Crippen molar-refractivity contribution in [2.45, 2.75) is 39.5 Å². The number of carbonyl (C=O) groups excluding carboxylic acids is 3. The Morgan fingerprint density at radius 1 is 1.16 bits per heavy atom. The number of anilines is 1. The molecule has 0 radical (unpaired) electrons. The first kappa shape index (κ1) is 19.0. The third-order valence-corrected chi connectivity index (χ3v) is 4.37. The molecule has 0 spiro atoms. The molecule has 0 bridgehead atoms. The van der Waals surface area contributed by atoms with Gasteiger partial charge in [0.25, 0.3) is 5.91 Å². The first-order chi connectivity index (χ1) is 12.0. The number of rotatable bonds is 6. The Labute approximate surface area is 149 Å². The van der Waals surface area contributed by atoms with Gasteiger partial charge in [0.05, 0.1) is 5.92 Å². The zero-order valence-corrected chi connectivity index (χ0v) is 15.0. The molecule has 0 unspecified atom stereocenters. The largest absolute Gasteiger partial charge is 0.356 e. The second-order valence-electron chi connectivity index (χ2n) is 6.36. The summed E-state index contributed by atoms with van der Waals surface area (Å²) in [6.45, 7) is 5.61. The monoisotopic (exact) mass is 345 g/mol. The molecule has 1 aromatic rings. The van der Waals surface area contributed by atoms with Crippen molar-refractivity contribution in [3.63, 3.8) is 0 Å². The number of benzene rings is 1. The van der Waals surface area contributed by atoms with Crippen molar-refractivity contribution in [3.8, 4) is 0 Å². The number of nitrogens with zero attached hydrogens (tertiary/aromatic N) is 1. The molecule has 1 aliphatic heterocycles. The highest BCUT2D eigenvalue weighted by molar-refractivity contribution is 5.96. The number of likely N-dealkylation sites (tertiary alicyclic amines) is 1. The van der Waals surface area contributed by atoms with E-state index >= 15 is 0 Å². The molecule has 25 heavy (non-hydrogen) atoms. The van der Waals surface area contributed by atoms with E-state index in [1.54, 1.807) is 36.1 Å². The van der Waals surface area contributed by atoms with Gasteiger partial charge in [-0.3, -0.25) is 14.4 Å². The van der Waals surface area contributed by atoms with Crippen molar-refractivity contribution in [2.75, 3.05) is 25.0 Å². The van der Waals surface area contributed by atoms with Gasteiger partial charge in [-0.25, -0.2) is 0 Å². The molecule has 1 aliphatic rings. The Balaban J connectivity index is 1.97. The lowest BCUT2D eigenvalue weighted by molar-refractivity contribution is -0.126. The maximum Gasteiger partial charge on any atom is 0.253 e. The summed E-state index contributed by atoms with van der Waals surface area (Å²) in [6, 6.07) is 6.90. The molecule has 0 saturated carbocycles. The van der Waals surface area contributed by atoms with E-state index in [0.717, 1.165) is 19.3 Å². The van der Waals surface area contributed by atoms with E-state index in [4.69, 9.17) is 0 Å². The van der Waals surface area contributed by atoms with E-state index in [0.29, 0.717) is 37.3 Å². The standard InChI is InChI=1S/C19H27N3O3/c1-3-11-20-18(24)15-6-5-12-22(13-15)19(25)14-7-9-16(10-8-14)21-17(23)4-2/h7-10,15H,3-6,11-13H2,1-2H3,(H,20,24)(H,21,23)/t15-/m0/s1. The first-order valence-corrected chi connectivity index (χ1v) is 9.02. The molecule has 2 N–H and O–H groups in total. The molecule has 1 heterocycles. The van der Waals surface area contributed by atoms with Crippen molar-refractivity contribution in [2.24, 2.45) is 5.92 Å². The fourth-order valence-electron chi connectivity index (χ4n) is 2.90. The zero-order chi connectivity index (χ0) is 18.2. The second-order valence-corrected chi connectivity index (χ2v) is 6.36. The van der Waals surface area contributed by atoms with Gasteiger partial charge in [-0.05, 0) is 43.5 Å². The van der Waals surface area contributed by atoms with Gasteiger partial charge < -0.3 is 15.5 Å². The van der Waals surface area contributed by atoms with Crippen LogP contribution in [0.4, 0.5) is 5.69 Å². The third-order valence-electron chi connectivity index (χ3n) is 4.37. The van der Waals surface area contributed by atoms with Crippen LogP contribution in [0.2, 0.25) is 0 Å². The molecule has 3 amide bonds. The lowest BCUT2D eigenvalue weighted by Crippen LogP contribution is -2.45. The number of amides is 3. The lowest BCUT2D eigenvalue weighted by Gasteiger charge is -2.32. The highest BCUT2D eigenvalue weighted by Gasteiger charge is 2.28. The number of hydrogen-bond acceptors (Lipinski definition) is 3. The fourth-order valence-corrected chi connectivity index (χ4v) is 2.90. The Hall–Kier alpha value is -2.37. The molecule has 1 atom stereocenters. The number of nitrogens with one attached hydrogen (secondary N) is 2. The van der Waals surface area contributed by atoms with Gasteiger partial charge in [0.2, 0.25) is 11.8 Å². The summed E-state index contributed by atoms with van der Waals surface area (Å²) < 4.78 is 0. The van der Waals surface area contributed by atoms with Crippen LogP contribution in [0.1, 0.15) is 49.9 Å². The summed E-state index contributed by atoms with van der Waals surface area (Å²) >= 11 is 0. The summed E-state index contributed by atoms with van der Waals surface area (Å²) in [4.78, 5) is 38.0. The van der Waals surface area contributed by atoms with Gasteiger partial charge in [-0.2, -0.15) is 0 Å². The Bertz CT molecular complexity index is 613. The molecule has 1 fully saturated rings. The van der Waals surface area contributed by atoms with Crippen molar-refractivity contribution in [3.05, 3.63) is 29.8 Å². The zero-order valence-electron chi connectivity index (χ0n) is 15.0. The molecule has 1 saturated heterocycles. The minimum Gasteiger partial charge on any atom is -0.356 e. The fraction of sp³-hybridized carbons (Fsp3) is 0.526. The molecule has 136 valence electrons. The van der Waals surface area contributed by atoms with Crippen molar-refractivity contribution >= 4 is 23.4 Å². The van der Waals surface area contributed by atoms with Gasteiger partial charge in [0.1, 0.15) is 0 Å². The SMILES string of the molecule is CCCNC(=O)[C@H]1CCCN(C(=O)c2ccc(NC(=O)CC)cc2)C1. The molecule has 1 aromatic carbocycles. The summed E-state index contributed by atoms with van der Waals surface area (Å²) in [5.74, 6) is -0.221. The number of hydrogen-bond donors (Lipinski definition) is 2. The molecule has 6 heteroatoms. The summed E-state index contributed by atoms with van der Waals surface area (Å²) in [6.07, 6.45) is 2.97. The summed E-state index contributed by atoms with van der Waals surface area (Å²) in [5.41, 5.74) is 1.25. The van der Waals surface area contributed by atoms with Crippen LogP contribution in [0, 0.1) is 5.92 Å². The molecule has 6 nitrogen and oxygen atoms in total. The van der Waals surface area contributed by atoms with Crippen molar-refractivity contribution in [1.29, 1.82) is 0 Å². The van der Waals surface area contributed by atoms with E-state index < -0.39 is 0 Å². The molecule has 0 aromatic heterocycles. The predicted octanol–water partition coefficient (Wildman–Crippen LogP) is 2.41. The van der Waals surface area contributed by atoms with E-state index in [1.807, 2.05) is 6.92 Å². The minimum atomic E-state index is -0.132. The van der Waals surface area contributed by atoms with Crippen molar-refractivity contribution in [1.82, 2.24) is 10.2 Å². The lowest BCUT2D eigenvalue weighted by atomic mass is 9.96. The van der Waals surface area contributed by atoms with Gasteiger partial charge in [0, 0.05) is 37.3 Å². The van der Waals surface area contributed by atoms with E-state index in [9.17, 15) is 14.4 Å². The Morgan fingerprint density at radius 2 is 1.88 bits per heavy atom. The second kappa shape index (κ2) is 9.20. The van der Waals surface area contributed by atoms with Crippen LogP contribution in [0.5, 0.6) is 0 Å². The highest BCUT2D eigenvalue weighted by Crippen LogP contribution is 2.20. The molecule has 0 aliphatic carbocycles. The maximum absolute atomic E-state index is 12.7. The highest BCUT2D eigenvalue weighted by atomic mass is 16.2. The number of piperidine rings is 1. The van der Waals surface area contributed by atoms with Crippen LogP contribution in [0.3, 0.4) is 0 Å². The third kappa shape index (κ3) is 5.31. The molecular weight excluding hydrogens is 318 g/mol. The number of carbonyl (C=O) groups is 3. The van der Waals surface area contributed by atoms with Crippen LogP contribution in [-0.4, -0.2) is 42.3 Å². The smallest absolute Gasteiger partial charge is 0.253 e. The molecule has 2 rings (SSSR count). The van der Waals surface area contributed by atoms with Crippen LogP contribution >= 0.6 is 0 Å². The van der Waals surface area contributed by atoms with E-state index in [1.165, 1.54) is 0 Å². The topological polar surface area (TPSA) is 78.5 Å².